The first-order valence-electron chi connectivity index (χ1n) is 9.46. The van der Waals surface area contributed by atoms with Crippen LogP contribution in [0.3, 0.4) is 0 Å². The molecule has 1 heterocycles. The topological polar surface area (TPSA) is 107 Å². The molecular weight excluding hydrogens is 432 g/mol. The van der Waals surface area contributed by atoms with Gasteiger partial charge < -0.3 is 5.32 Å². The molecule has 3 aromatic carbocycles. The first kappa shape index (κ1) is 21.1. The number of fused-ring (bicyclic) bond motifs is 1. The van der Waals surface area contributed by atoms with Crippen LogP contribution in [0.2, 0.25) is 0 Å². The highest BCUT2D eigenvalue weighted by molar-refractivity contribution is 8.00. The Morgan fingerprint density at radius 3 is 2.32 bits per heavy atom. The molecule has 0 saturated carbocycles. The number of anilines is 1. The normalized spacial score (nSPS) is 12.6. The van der Waals surface area contributed by atoms with Gasteiger partial charge in [-0.3, -0.25) is 9.36 Å². The van der Waals surface area contributed by atoms with Crippen molar-refractivity contribution in [1.29, 1.82) is 0 Å². The van der Waals surface area contributed by atoms with Crippen molar-refractivity contribution in [2.24, 2.45) is 5.14 Å². The molecule has 3 N–H and O–H groups in total. The van der Waals surface area contributed by atoms with Crippen molar-refractivity contribution in [1.82, 2.24) is 9.55 Å². The number of carbonyl (C=O) groups is 1. The van der Waals surface area contributed by atoms with Gasteiger partial charge in [0.25, 0.3) is 0 Å². The summed E-state index contributed by atoms with van der Waals surface area (Å²) in [7, 11) is -3.78. The average molecular weight is 453 g/mol. The zero-order valence-electron chi connectivity index (χ0n) is 16.6. The Morgan fingerprint density at radius 2 is 1.65 bits per heavy atom. The fraction of sp³-hybridized carbons (Fsp3) is 0.0909. The Bertz CT molecular complexity index is 1330. The molecule has 0 aliphatic heterocycles. The number of nitrogens with zero attached hydrogens (tertiary/aromatic N) is 2. The second kappa shape index (κ2) is 8.54. The largest absolute Gasteiger partial charge is 0.325 e. The summed E-state index contributed by atoms with van der Waals surface area (Å²) in [6.45, 7) is 1.80. The van der Waals surface area contributed by atoms with E-state index in [1.165, 1.54) is 36.0 Å². The van der Waals surface area contributed by atoms with Gasteiger partial charge in [-0.15, -0.1) is 0 Å². The monoisotopic (exact) mass is 452 g/mol. The molecule has 158 valence electrons. The molecule has 0 aliphatic carbocycles. The Kier molecular flexibility index (Phi) is 5.81. The second-order valence-electron chi connectivity index (χ2n) is 6.87. The number of sulfonamides is 1. The van der Waals surface area contributed by atoms with Crippen LogP contribution in [0.5, 0.6) is 0 Å². The fourth-order valence-corrected chi connectivity index (χ4v) is 4.55. The number of primary sulfonamides is 1. The number of carbonyl (C=O) groups excluding carboxylic acids is 1. The van der Waals surface area contributed by atoms with E-state index in [4.69, 9.17) is 10.1 Å². The smallest absolute Gasteiger partial charge is 0.238 e. The lowest BCUT2D eigenvalue weighted by Crippen LogP contribution is -2.23. The molecule has 0 bridgehead atoms. The van der Waals surface area contributed by atoms with Gasteiger partial charge in [0.05, 0.1) is 21.2 Å². The van der Waals surface area contributed by atoms with Crippen LogP contribution in [0.4, 0.5) is 5.69 Å². The number of aromatic nitrogens is 2. The number of nitrogens with one attached hydrogen (secondary N) is 1. The van der Waals surface area contributed by atoms with Crippen molar-refractivity contribution in [2.45, 2.75) is 22.2 Å². The van der Waals surface area contributed by atoms with Crippen molar-refractivity contribution in [3.05, 3.63) is 78.9 Å². The lowest BCUT2D eigenvalue weighted by molar-refractivity contribution is -0.115. The second-order valence-corrected chi connectivity index (χ2v) is 9.74. The Balaban J connectivity index is 1.57. The molecule has 4 rings (SSSR count). The highest BCUT2D eigenvalue weighted by atomic mass is 32.2. The number of amides is 1. The van der Waals surface area contributed by atoms with Gasteiger partial charge in [0, 0.05) is 11.4 Å². The molecule has 9 heteroatoms. The van der Waals surface area contributed by atoms with Crippen LogP contribution in [-0.2, 0) is 14.8 Å². The molecule has 0 fully saturated rings. The van der Waals surface area contributed by atoms with Gasteiger partial charge in [-0.25, -0.2) is 18.5 Å². The van der Waals surface area contributed by atoms with Crippen LogP contribution in [0.25, 0.3) is 16.7 Å². The zero-order valence-corrected chi connectivity index (χ0v) is 18.2. The van der Waals surface area contributed by atoms with Gasteiger partial charge in [0.2, 0.25) is 15.9 Å². The fourth-order valence-electron chi connectivity index (χ4n) is 3.09. The summed E-state index contributed by atoms with van der Waals surface area (Å²) in [6, 6.07) is 23.4. The maximum absolute atomic E-state index is 12.7. The molecule has 7 nitrogen and oxygen atoms in total. The lowest BCUT2D eigenvalue weighted by Gasteiger charge is -2.14. The highest BCUT2D eigenvalue weighted by Crippen LogP contribution is 2.30. The quantitative estimate of drug-likeness (QED) is 0.433. The van der Waals surface area contributed by atoms with Gasteiger partial charge in [-0.2, -0.15) is 0 Å². The van der Waals surface area contributed by atoms with Gasteiger partial charge in [-0.1, -0.05) is 42.1 Å². The van der Waals surface area contributed by atoms with E-state index in [0.717, 1.165) is 16.7 Å². The molecule has 0 aliphatic rings. The number of hydrogen-bond donors (Lipinski definition) is 2. The maximum atomic E-state index is 12.7. The summed E-state index contributed by atoms with van der Waals surface area (Å²) < 4.78 is 24.8. The molecule has 0 unspecified atom stereocenters. The molecule has 4 aromatic rings. The van der Waals surface area contributed by atoms with E-state index < -0.39 is 15.3 Å². The summed E-state index contributed by atoms with van der Waals surface area (Å²) in [4.78, 5) is 17.5. The Hall–Kier alpha value is -3.14. The molecule has 31 heavy (non-hydrogen) atoms. The number of thioether (sulfide) groups is 1. The van der Waals surface area contributed by atoms with Crippen molar-refractivity contribution in [3.63, 3.8) is 0 Å². The number of imidazole rings is 1. The molecular formula is C22H20N4O3S2. The van der Waals surface area contributed by atoms with Crippen LogP contribution in [0.1, 0.15) is 6.92 Å². The molecule has 0 saturated heterocycles. The summed E-state index contributed by atoms with van der Waals surface area (Å²) >= 11 is 1.35. The van der Waals surface area contributed by atoms with Crippen molar-refractivity contribution < 1.29 is 13.2 Å². The van der Waals surface area contributed by atoms with Crippen LogP contribution in [0.15, 0.2) is 88.9 Å². The third-order valence-electron chi connectivity index (χ3n) is 4.65. The standard InChI is InChI=1S/C22H20N4O3S2/c1-15(21(27)24-16-11-13-18(14-12-16)31(23,28)29)30-22-25-19-9-5-6-10-20(19)26(22)17-7-3-2-4-8-17/h2-15H,1H3,(H,24,27)(H2,23,28,29)/t15-/m1/s1. The van der Waals surface area contributed by atoms with E-state index in [-0.39, 0.29) is 10.8 Å². The summed E-state index contributed by atoms with van der Waals surface area (Å²) in [5, 5.41) is 8.17. The van der Waals surface area contributed by atoms with Crippen LogP contribution < -0.4 is 10.5 Å². The average Bonchev–Trinajstić information content (AvgIpc) is 3.11. The van der Waals surface area contributed by atoms with E-state index in [1.807, 2.05) is 59.2 Å². The Morgan fingerprint density at radius 1 is 1.00 bits per heavy atom. The summed E-state index contributed by atoms with van der Waals surface area (Å²) in [6.07, 6.45) is 0. The van der Waals surface area contributed by atoms with E-state index >= 15 is 0 Å². The first-order valence-corrected chi connectivity index (χ1v) is 11.9. The zero-order chi connectivity index (χ0) is 22.0. The van der Waals surface area contributed by atoms with E-state index in [2.05, 4.69) is 5.32 Å². The minimum absolute atomic E-state index is 0.00972. The molecule has 1 amide bonds. The summed E-state index contributed by atoms with van der Waals surface area (Å²) in [5.41, 5.74) is 3.26. The van der Waals surface area contributed by atoms with E-state index in [1.54, 1.807) is 6.92 Å². The minimum atomic E-state index is -3.78. The van der Waals surface area contributed by atoms with E-state index in [0.29, 0.717) is 10.8 Å². The van der Waals surface area contributed by atoms with Gasteiger partial charge in [0.1, 0.15) is 0 Å². The molecule has 0 radical (unpaired) electrons. The SMILES string of the molecule is C[C@@H](Sc1nc2ccccc2n1-c1ccccc1)C(=O)Nc1ccc(S(N)(=O)=O)cc1. The van der Waals surface area contributed by atoms with Crippen LogP contribution in [-0.4, -0.2) is 29.1 Å². The van der Waals surface area contributed by atoms with E-state index in [9.17, 15) is 13.2 Å². The number of hydrogen-bond acceptors (Lipinski definition) is 5. The summed E-state index contributed by atoms with van der Waals surface area (Å²) in [5.74, 6) is -0.222. The van der Waals surface area contributed by atoms with Crippen LogP contribution in [0, 0.1) is 0 Å². The van der Waals surface area contributed by atoms with Crippen molar-refractivity contribution >= 4 is 44.4 Å². The number of para-hydroxylation sites is 3. The molecule has 1 atom stereocenters. The number of nitrogens with two attached hydrogens (primary N) is 1. The highest BCUT2D eigenvalue weighted by Gasteiger charge is 2.20. The Labute approximate surface area is 184 Å². The maximum Gasteiger partial charge on any atom is 0.238 e. The number of benzene rings is 3. The predicted octanol–water partition coefficient (Wildman–Crippen LogP) is 3.79. The van der Waals surface area contributed by atoms with Gasteiger partial charge in [-0.05, 0) is 55.5 Å². The number of rotatable bonds is 6. The van der Waals surface area contributed by atoms with Crippen molar-refractivity contribution in [3.8, 4) is 5.69 Å². The first-order chi connectivity index (χ1) is 14.8. The third-order valence-corrected chi connectivity index (χ3v) is 6.63. The van der Waals surface area contributed by atoms with Crippen LogP contribution >= 0.6 is 11.8 Å². The minimum Gasteiger partial charge on any atom is -0.325 e. The lowest BCUT2D eigenvalue weighted by atomic mass is 10.3. The van der Waals surface area contributed by atoms with Crippen molar-refractivity contribution in [2.75, 3.05) is 5.32 Å². The molecule has 1 aromatic heterocycles. The van der Waals surface area contributed by atoms with Gasteiger partial charge in [0.15, 0.2) is 5.16 Å². The predicted molar refractivity (Wildman–Crippen MR) is 123 cm³/mol. The molecule has 0 spiro atoms. The third kappa shape index (κ3) is 4.63. The van der Waals surface area contributed by atoms with Gasteiger partial charge >= 0.3 is 0 Å².